The predicted molar refractivity (Wildman–Crippen MR) is 212 cm³/mol. The number of rotatable bonds is 39. The molecule has 0 aliphatic rings. The Bertz CT molecular complexity index is 696. The van der Waals surface area contributed by atoms with E-state index in [1.807, 2.05) is 23.5 Å². The van der Waals surface area contributed by atoms with Crippen molar-refractivity contribution < 1.29 is 24.2 Å². The lowest BCUT2D eigenvalue weighted by Crippen LogP contribution is -2.18. The van der Waals surface area contributed by atoms with Crippen molar-refractivity contribution in [1.29, 1.82) is 0 Å². The van der Waals surface area contributed by atoms with Crippen LogP contribution in [0.4, 0.5) is 0 Å². The van der Waals surface area contributed by atoms with Crippen molar-refractivity contribution in [3.8, 4) is 0 Å². The van der Waals surface area contributed by atoms with Gasteiger partial charge in [-0.3, -0.25) is 4.57 Å². The lowest BCUT2D eigenvalue weighted by atomic mass is 10.0. The second-order valence-electron chi connectivity index (χ2n) is 13.7. The van der Waals surface area contributed by atoms with E-state index >= 15 is 0 Å². The molecule has 8 heteroatoms. The zero-order valence-electron chi connectivity index (χ0n) is 31.1. The zero-order valence-corrected chi connectivity index (χ0v) is 33.6. The molecule has 0 aromatic heterocycles. The van der Waals surface area contributed by atoms with Gasteiger partial charge in [-0.15, -0.1) is 0 Å². The van der Waals surface area contributed by atoms with Gasteiger partial charge in [0.2, 0.25) is 0 Å². The highest BCUT2D eigenvalue weighted by Gasteiger charge is 2.23. The molecule has 3 atom stereocenters. The van der Waals surface area contributed by atoms with E-state index in [1.165, 1.54) is 167 Å². The number of aliphatic hydroxyl groups excluding tert-OH is 2. The minimum Gasteiger partial charge on any atom is -0.394 e. The first-order valence-electron chi connectivity index (χ1n) is 20.0. The summed E-state index contributed by atoms with van der Waals surface area (Å²) in [6.45, 7) is 4.41. The van der Waals surface area contributed by atoms with Gasteiger partial charge < -0.3 is 19.6 Å². The fraction of sp³-hybridized carbons (Fsp3) is 0.949. The molecule has 3 unspecified atom stereocenters. The second kappa shape index (κ2) is 37.8. The standard InChI is InChI=1S/C39H79O5PS2/c1-3-5-7-9-11-13-15-17-19-21-23-25-27-29-33-46-37-39(36-44-45(42,43)32-31-38(41)35-40)47-34-30-28-26-24-22-20-18-16-14-12-10-8-6-4-2/h14,16,38-41H,3-13,15,17-37H2,1-2H3,(H,42,43)/b16-14-. The van der Waals surface area contributed by atoms with Crippen molar-refractivity contribution in [2.45, 2.75) is 199 Å². The molecule has 0 saturated carbocycles. The summed E-state index contributed by atoms with van der Waals surface area (Å²) in [6.07, 6.45) is 38.5. The molecule has 5 nitrogen and oxygen atoms in total. The normalized spacial score (nSPS) is 14.6. The van der Waals surface area contributed by atoms with Gasteiger partial charge in [0.05, 0.1) is 25.5 Å². The first kappa shape index (κ1) is 47.5. The fourth-order valence-electron chi connectivity index (χ4n) is 5.67. The molecule has 0 aromatic carbocycles. The maximum atomic E-state index is 12.5. The van der Waals surface area contributed by atoms with Gasteiger partial charge in [0.15, 0.2) is 0 Å². The summed E-state index contributed by atoms with van der Waals surface area (Å²) in [7, 11) is -3.76. The molecular formula is C39H79O5PS2. The molecule has 0 heterocycles. The highest BCUT2D eigenvalue weighted by Crippen LogP contribution is 2.43. The van der Waals surface area contributed by atoms with Gasteiger partial charge in [-0.1, -0.05) is 154 Å². The molecule has 0 aliphatic carbocycles. The van der Waals surface area contributed by atoms with Crippen LogP contribution in [-0.2, 0) is 9.09 Å². The van der Waals surface area contributed by atoms with E-state index < -0.39 is 20.3 Å². The molecule has 0 spiro atoms. The monoisotopic (exact) mass is 723 g/mol. The molecule has 0 aromatic rings. The second-order valence-corrected chi connectivity index (χ2v) is 18.2. The molecule has 3 N–H and O–H groups in total. The zero-order chi connectivity index (χ0) is 34.5. The summed E-state index contributed by atoms with van der Waals surface area (Å²) in [5.74, 6) is 3.14. The van der Waals surface area contributed by atoms with Gasteiger partial charge in [0.1, 0.15) is 0 Å². The Morgan fingerprint density at radius 1 is 0.638 bits per heavy atom. The van der Waals surface area contributed by atoms with Gasteiger partial charge in [0, 0.05) is 11.0 Å². The maximum Gasteiger partial charge on any atom is 0.328 e. The van der Waals surface area contributed by atoms with Gasteiger partial charge >= 0.3 is 7.60 Å². The molecule has 0 amide bonds. The van der Waals surface area contributed by atoms with Gasteiger partial charge in [-0.25, -0.2) is 0 Å². The Morgan fingerprint density at radius 3 is 1.55 bits per heavy atom. The number of aliphatic hydroxyl groups is 2. The summed E-state index contributed by atoms with van der Waals surface area (Å²) in [5.41, 5.74) is 0. The largest absolute Gasteiger partial charge is 0.394 e. The van der Waals surface area contributed by atoms with Gasteiger partial charge in [0.25, 0.3) is 0 Å². The minimum atomic E-state index is -3.76. The quantitative estimate of drug-likeness (QED) is 0.0331. The van der Waals surface area contributed by atoms with Crippen molar-refractivity contribution in [2.24, 2.45) is 0 Å². The summed E-state index contributed by atoms with van der Waals surface area (Å²) < 4.78 is 18.0. The maximum absolute atomic E-state index is 12.5. The van der Waals surface area contributed by atoms with Crippen LogP contribution in [-0.4, -0.2) is 63.1 Å². The highest BCUT2D eigenvalue weighted by molar-refractivity contribution is 8.03. The number of hydrogen-bond donors (Lipinski definition) is 3. The molecule has 0 radical (unpaired) electrons. The van der Waals surface area contributed by atoms with Crippen LogP contribution in [0.5, 0.6) is 0 Å². The van der Waals surface area contributed by atoms with Crippen LogP contribution >= 0.6 is 31.1 Å². The summed E-state index contributed by atoms with van der Waals surface area (Å²) in [6, 6.07) is 0. The molecule has 47 heavy (non-hydrogen) atoms. The van der Waals surface area contributed by atoms with Crippen molar-refractivity contribution in [2.75, 3.05) is 36.6 Å². The van der Waals surface area contributed by atoms with Crippen molar-refractivity contribution in [1.82, 2.24) is 0 Å². The van der Waals surface area contributed by atoms with Crippen LogP contribution in [0.15, 0.2) is 12.2 Å². The van der Waals surface area contributed by atoms with E-state index in [0.29, 0.717) is 0 Å². The Balaban J connectivity index is 4.06. The first-order chi connectivity index (χ1) is 22.9. The average Bonchev–Trinajstić information content (AvgIpc) is 3.07. The van der Waals surface area contributed by atoms with E-state index in [-0.39, 0.29) is 24.4 Å². The molecule has 0 rings (SSSR count). The fourth-order valence-corrected chi connectivity index (χ4v) is 9.41. The predicted octanol–water partition coefficient (Wildman–Crippen LogP) is 12.5. The number of unbranched alkanes of at least 4 members (excludes halogenated alkanes) is 23. The van der Waals surface area contributed by atoms with Crippen molar-refractivity contribution >= 4 is 31.1 Å². The molecule has 282 valence electrons. The topological polar surface area (TPSA) is 87.0 Å². The third kappa shape index (κ3) is 37.6. The lowest BCUT2D eigenvalue weighted by molar-refractivity contribution is 0.0912. The van der Waals surface area contributed by atoms with Crippen LogP contribution in [0.2, 0.25) is 0 Å². The Morgan fingerprint density at radius 2 is 1.06 bits per heavy atom. The van der Waals surface area contributed by atoms with Crippen LogP contribution in [0, 0.1) is 0 Å². The van der Waals surface area contributed by atoms with E-state index in [9.17, 15) is 14.6 Å². The molecular weight excluding hydrogens is 644 g/mol. The van der Waals surface area contributed by atoms with Crippen LogP contribution < -0.4 is 0 Å². The third-order valence-electron chi connectivity index (χ3n) is 8.87. The Hall–Kier alpha value is 0.510. The number of allylic oxidation sites excluding steroid dienone is 2. The third-order valence-corrected chi connectivity index (χ3v) is 13.0. The van der Waals surface area contributed by atoms with Gasteiger partial charge in [-0.2, -0.15) is 23.5 Å². The van der Waals surface area contributed by atoms with Crippen molar-refractivity contribution in [3.63, 3.8) is 0 Å². The molecule has 0 bridgehead atoms. The summed E-state index contributed by atoms with van der Waals surface area (Å²) in [4.78, 5) is 10.2. The number of thioether (sulfide) groups is 2. The molecule has 0 fully saturated rings. The average molecular weight is 723 g/mol. The van der Waals surface area contributed by atoms with Gasteiger partial charge in [-0.05, 0) is 56.5 Å². The van der Waals surface area contributed by atoms with Crippen molar-refractivity contribution in [3.05, 3.63) is 12.2 Å². The lowest BCUT2D eigenvalue weighted by Gasteiger charge is -2.20. The smallest absolute Gasteiger partial charge is 0.328 e. The van der Waals surface area contributed by atoms with Crippen LogP contribution in [0.3, 0.4) is 0 Å². The Kier molecular flexibility index (Phi) is 38.2. The van der Waals surface area contributed by atoms with Crippen LogP contribution in [0.1, 0.15) is 187 Å². The minimum absolute atomic E-state index is 0.0747. The van der Waals surface area contributed by atoms with Crippen LogP contribution in [0.25, 0.3) is 0 Å². The SMILES string of the molecule is CCCCCC/C=C\CCCCCCCCSC(COP(=O)(O)CCC(O)CO)CSCCCCCCCCCCCCCCCC. The van der Waals surface area contributed by atoms with E-state index in [0.717, 1.165) is 17.3 Å². The summed E-state index contributed by atoms with van der Waals surface area (Å²) in [5, 5.41) is 18.8. The molecule has 0 aliphatic heterocycles. The first-order valence-corrected chi connectivity index (χ1v) is 24.0. The molecule has 0 saturated heterocycles. The Labute approximate surface area is 301 Å². The van der Waals surface area contributed by atoms with E-state index in [4.69, 9.17) is 9.63 Å². The highest BCUT2D eigenvalue weighted by atomic mass is 32.2. The van der Waals surface area contributed by atoms with E-state index in [2.05, 4.69) is 26.0 Å². The summed E-state index contributed by atoms with van der Waals surface area (Å²) >= 11 is 3.84. The number of hydrogen-bond acceptors (Lipinski definition) is 6. The van der Waals surface area contributed by atoms with E-state index in [1.54, 1.807) is 0 Å².